The van der Waals surface area contributed by atoms with Crippen molar-refractivity contribution in [2.24, 2.45) is 0 Å². The van der Waals surface area contributed by atoms with Crippen LogP contribution in [0.1, 0.15) is 16.1 Å². The van der Waals surface area contributed by atoms with E-state index in [2.05, 4.69) is 10.6 Å². The normalized spacial score (nSPS) is 10.5. The molecule has 6 nitrogen and oxygen atoms in total. The maximum absolute atomic E-state index is 13.7. The number of amides is 2. The fourth-order valence-electron chi connectivity index (χ4n) is 3.18. The maximum atomic E-state index is 13.7. The molecule has 2 amide bonds. The van der Waals surface area contributed by atoms with Crippen LogP contribution in [0.3, 0.4) is 0 Å². The van der Waals surface area contributed by atoms with E-state index in [1.165, 1.54) is 30.3 Å². The minimum Gasteiger partial charge on any atom is -0.483 e. The van der Waals surface area contributed by atoms with E-state index in [4.69, 9.17) is 9.15 Å². The third-order valence-corrected chi connectivity index (χ3v) is 4.85. The summed E-state index contributed by atoms with van der Waals surface area (Å²) >= 11 is 0. The highest BCUT2D eigenvalue weighted by atomic mass is 19.1. The van der Waals surface area contributed by atoms with Crippen LogP contribution in [0, 0.1) is 11.6 Å². The van der Waals surface area contributed by atoms with E-state index < -0.39 is 24.2 Å². The lowest BCUT2D eigenvalue weighted by molar-refractivity contribution is -0.118. The molecule has 0 saturated carbocycles. The van der Waals surface area contributed by atoms with E-state index >= 15 is 0 Å². The fourth-order valence-corrected chi connectivity index (χ4v) is 3.18. The van der Waals surface area contributed by atoms with E-state index in [0.29, 0.717) is 17.1 Å². The second-order valence-corrected chi connectivity index (χ2v) is 7.27. The van der Waals surface area contributed by atoms with E-state index in [0.717, 1.165) is 0 Å². The number of carbonyl (C=O) groups excluding carboxylic acids is 2. The maximum Gasteiger partial charge on any atom is 0.262 e. The van der Waals surface area contributed by atoms with Crippen molar-refractivity contribution in [1.29, 1.82) is 0 Å². The van der Waals surface area contributed by atoms with Crippen LogP contribution in [0.25, 0.3) is 11.3 Å². The first-order chi connectivity index (χ1) is 16.5. The van der Waals surface area contributed by atoms with Gasteiger partial charge in [-0.15, -0.1) is 0 Å². The van der Waals surface area contributed by atoms with Crippen LogP contribution in [-0.2, 0) is 11.3 Å². The van der Waals surface area contributed by atoms with E-state index in [-0.39, 0.29) is 29.4 Å². The summed E-state index contributed by atoms with van der Waals surface area (Å²) in [4.78, 5) is 24.8. The van der Waals surface area contributed by atoms with Gasteiger partial charge in [-0.1, -0.05) is 24.3 Å². The van der Waals surface area contributed by atoms with Crippen LogP contribution < -0.4 is 15.4 Å². The smallest absolute Gasteiger partial charge is 0.262 e. The summed E-state index contributed by atoms with van der Waals surface area (Å²) in [5, 5.41) is 5.16. The van der Waals surface area contributed by atoms with E-state index in [1.807, 2.05) is 0 Å². The molecule has 0 bridgehead atoms. The van der Waals surface area contributed by atoms with Crippen LogP contribution in [-0.4, -0.2) is 18.4 Å². The van der Waals surface area contributed by atoms with Crippen molar-refractivity contribution >= 4 is 17.5 Å². The Balaban J connectivity index is 1.35. The SMILES string of the molecule is O=C(COc1ccccc1C(=O)NCc1ccc(-c2ccc(F)cc2)o1)Nc1ccccc1F. The highest BCUT2D eigenvalue weighted by Crippen LogP contribution is 2.23. The van der Waals surface area contributed by atoms with Gasteiger partial charge in [0.15, 0.2) is 6.61 Å². The Bertz CT molecular complexity index is 1300. The number of rotatable bonds is 8. The van der Waals surface area contributed by atoms with Gasteiger partial charge in [-0.25, -0.2) is 8.78 Å². The van der Waals surface area contributed by atoms with Crippen molar-refractivity contribution in [3.05, 3.63) is 108 Å². The lowest BCUT2D eigenvalue weighted by Crippen LogP contribution is -2.25. The molecule has 3 aromatic carbocycles. The molecule has 0 aliphatic heterocycles. The predicted octanol–water partition coefficient (Wildman–Crippen LogP) is 5.17. The summed E-state index contributed by atoms with van der Waals surface area (Å²) in [6.07, 6.45) is 0. The highest BCUT2D eigenvalue weighted by molar-refractivity contribution is 5.97. The molecule has 0 radical (unpaired) electrons. The zero-order valence-corrected chi connectivity index (χ0v) is 17.9. The third kappa shape index (κ3) is 5.66. The summed E-state index contributed by atoms with van der Waals surface area (Å²) < 4.78 is 38.0. The number of anilines is 1. The first kappa shape index (κ1) is 22.7. The molecule has 0 saturated heterocycles. The zero-order chi connectivity index (χ0) is 23.9. The highest BCUT2D eigenvalue weighted by Gasteiger charge is 2.15. The quantitative estimate of drug-likeness (QED) is 0.379. The first-order valence-corrected chi connectivity index (χ1v) is 10.4. The van der Waals surface area contributed by atoms with Gasteiger partial charge in [0.25, 0.3) is 11.8 Å². The molecule has 0 aliphatic carbocycles. The monoisotopic (exact) mass is 462 g/mol. The number of hydrogen-bond acceptors (Lipinski definition) is 4. The average Bonchev–Trinajstić information content (AvgIpc) is 3.32. The Hall–Kier alpha value is -4.46. The Morgan fingerprint density at radius 1 is 0.853 bits per heavy atom. The molecule has 0 fully saturated rings. The van der Waals surface area contributed by atoms with Gasteiger partial charge < -0.3 is 19.8 Å². The number of para-hydroxylation sites is 2. The Kier molecular flexibility index (Phi) is 6.98. The second kappa shape index (κ2) is 10.4. The summed E-state index contributed by atoms with van der Waals surface area (Å²) in [7, 11) is 0. The summed E-state index contributed by atoms with van der Waals surface area (Å²) in [5.41, 5.74) is 0.985. The summed E-state index contributed by atoms with van der Waals surface area (Å²) in [6.45, 7) is -0.292. The standard InChI is InChI=1S/C26H20F2N2O4/c27-18-11-9-17(10-12-18)23-14-13-19(34-23)15-29-26(32)20-5-1-4-8-24(20)33-16-25(31)30-22-7-3-2-6-21(22)28/h1-14H,15-16H2,(H,29,32)(H,30,31). The van der Waals surface area contributed by atoms with Gasteiger partial charge >= 0.3 is 0 Å². The molecule has 4 rings (SSSR count). The lowest BCUT2D eigenvalue weighted by Gasteiger charge is -2.12. The minimum atomic E-state index is -0.566. The molecule has 34 heavy (non-hydrogen) atoms. The van der Waals surface area contributed by atoms with Gasteiger partial charge in [0, 0.05) is 5.56 Å². The van der Waals surface area contributed by atoms with Crippen molar-refractivity contribution in [3.8, 4) is 17.1 Å². The number of nitrogens with one attached hydrogen (secondary N) is 2. The summed E-state index contributed by atoms with van der Waals surface area (Å²) in [6, 6.07) is 21.6. The van der Waals surface area contributed by atoms with Gasteiger partial charge in [-0.3, -0.25) is 9.59 Å². The summed E-state index contributed by atoms with van der Waals surface area (Å²) in [5.74, 6) is -0.627. The molecular weight excluding hydrogens is 442 g/mol. The van der Waals surface area contributed by atoms with E-state index in [9.17, 15) is 18.4 Å². The molecule has 0 aliphatic rings. The lowest BCUT2D eigenvalue weighted by atomic mass is 10.2. The fraction of sp³-hybridized carbons (Fsp3) is 0.0769. The van der Waals surface area contributed by atoms with Crippen LogP contribution in [0.5, 0.6) is 5.75 Å². The van der Waals surface area contributed by atoms with Crippen molar-refractivity contribution < 1.29 is 27.5 Å². The molecule has 0 spiro atoms. The molecule has 0 atom stereocenters. The van der Waals surface area contributed by atoms with Gasteiger partial charge in [-0.2, -0.15) is 0 Å². The largest absolute Gasteiger partial charge is 0.483 e. The topological polar surface area (TPSA) is 80.6 Å². The number of furan rings is 1. The van der Waals surface area contributed by atoms with Crippen molar-refractivity contribution in [2.45, 2.75) is 6.54 Å². The zero-order valence-electron chi connectivity index (χ0n) is 17.9. The number of benzene rings is 3. The van der Waals surface area contributed by atoms with Crippen molar-refractivity contribution in [3.63, 3.8) is 0 Å². The minimum absolute atomic E-state index is 0.0422. The van der Waals surface area contributed by atoms with Crippen LogP contribution in [0.15, 0.2) is 89.3 Å². The Morgan fingerprint density at radius 2 is 1.59 bits per heavy atom. The molecule has 8 heteroatoms. The van der Waals surface area contributed by atoms with Gasteiger partial charge in [-0.05, 0) is 60.7 Å². The molecule has 1 aromatic heterocycles. The van der Waals surface area contributed by atoms with Crippen LogP contribution >= 0.6 is 0 Å². The number of ether oxygens (including phenoxy) is 1. The van der Waals surface area contributed by atoms with Crippen molar-refractivity contribution in [1.82, 2.24) is 5.32 Å². The number of carbonyl (C=O) groups is 2. The van der Waals surface area contributed by atoms with Gasteiger partial charge in [0.1, 0.15) is 28.9 Å². The molecule has 0 unspecified atom stereocenters. The Morgan fingerprint density at radius 3 is 2.38 bits per heavy atom. The predicted molar refractivity (Wildman–Crippen MR) is 122 cm³/mol. The third-order valence-electron chi connectivity index (χ3n) is 4.85. The molecule has 4 aromatic rings. The number of hydrogen-bond donors (Lipinski definition) is 2. The molecule has 172 valence electrons. The first-order valence-electron chi connectivity index (χ1n) is 10.4. The van der Waals surface area contributed by atoms with Crippen LogP contribution in [0.4, 0.5) is 14.5 Å². The second-order valence-electron chi connectivity index (χ2n) is 7.27. The number of halogens is 2. The van der Waals surface area contributed by atoms with Gasteiger partial charge in [0.05, 0.1) is 17.8 Å². The Labute approximate surface area is 194 Å². The average molecular weight is 462 g/mol. The van der Waals surface area contributed by atoms with Gasteiger partial charge in [0.2, 0.25) is 0 Å². The van der Waals surface area contributed by atoms with Crippen molar-refractivity contribution in [2.75, 3.05) is 11.9 Å². The molecular formula is C26H20F2N2O4. The van der Waals surface area contributed by atoms with Crippen LogP contribution in [0.2, 0.25) is 0 Å². The molecule has 1 heterocycles. The van der Waals surface area contributed by atoms with E-state index in [1.54, 1.807) is 54.6 Å². The molecule has 2 N–H and O–H groups in total.